The topological polar surface area (TPSA) is 137 Å². The normalized spacial score (nSPS) is 41.1. The third-order valence-corrected chi connectivity index (χ3v) is 3.84. The molecule has 10 heteroatoms. The molecule has 8 nitrogen and oxygen atoms in total. The van der Waals surface area contributed by atoms with Crippen molar-refractivity contribution in [2.75, 3.05) is 6.61 Å². The predicted molar refractivity (Wildman–Crippen MR) is 50.4 cm³/mol. The van der Waals surface area contributed by atoms with Crippen molar-refractivity contribution >= 4 is 35.8 Å². The first kappa shape index (κ1) is 15.0. The Morgan fingerprint density at radius 2 is 1.88 bits per heavy atom. The van der Waals surface area contributed by atoms with Gasteiger partial charge in [-0.15, -0.1) is 0 Å². The molecule has 0 aliphatic carbocycles. The fourth-order valence-electron chi connectivity index (χ4n) is 1.55. The maximum atomic E-state index is 10.7. The van der Waals surface area contributed by atoms with E-state index in [1.165, 1.54) is 0 Å². The fourth-order valence-corrected chi connectivity index (χ4v) is 2.85. The number of rotatable bonds is 3. The molecule has 1 heterocycles. The van der Waals surface area contributed by atoms with E-state index in [0.717, 1.165) is 0 Å². The van der Waals surface area contributed by atoms with Gasteiger partial charge in [0.2, 0.25) is 0 Å². The fraction of sp³-hybridized carbons (Fsp3) is 1.00. The monoisotopic (exact) mass is 266 g/mol. The van der Waals surface area contributed by atoms with Crippen LogP contribution in [0.1, 0.15) is 0 Å². The molecule has 90 valence electrons. The van der Waals surface area contributed by atoms with Crippen molar-refractivity contribution in [3.8, 4) is 0 Å². The van der Waals surface area contributed by atoms with Crippen LogP contribution in [0, 0.1) is 0 Å². The summed E-state index contributed by atoms with van der Waals surface area (Å²) in [6, 6.07) is 0. The van der Waals surface area contributed by atoms with Crippen LogP contribution in [0.4, 0.5) is 0 Å². The van der Waals surface area contributed by atoms with Crippen molar-refractivity contribution in [3.63, 3.8) is 0 Å². The van der Waals surface area contributed by atoms with Crippen LogP contribution in [0.25, 0.3) is 0 Å². The van der Waals surface area contributed by atoms with E-state index in [1.807, 2.05) is 0 Å². The third kappa shape index (κ3) is 3.72. The number of hydrogen-bond donors (Lipinski definition) is 5. The molecule has 0 spiro atoms. The first-order chi connectivity index (χ1) is 7.26. The summed E-state index contributed by atoms with van der Waals surface area (Å²) in [6.07, 6.45) is -5.29. The van der Waals surface area contributed by atoms with Crippen molar-refractivity contribution in [2.45, 2.75) is 27.8 Å². The van der Waals surface area contributed by atoms with E-state index in [4.69, 9.17) is 19.6 Å². The van der Waals surface area contributed by atoms with Gasteiger partial charge in [-0.25, -0.2) is 0 Å². The molecule has 0 saturated carbocycles. The van der Waals surface area contributed by atoms with Crippen molar-refractivity contribution < 1.29 is 38.9 Å². The molecule has 1 unspecified atom stereocenters. The zero-order valence-corrected chi connectivity index (χ0v) is 11.4. The molecule has 16 heavy (non-hydrogen) atoms. The van der Waals surface area contributed by atoms with E-state index in [9.17, 15) is 14.8 Å². The predicted octanol–water partition coefficient (Wildman–Crippen LogP) is -2.93. The van der Waals surface area contributed by atoms with Crippen molar-refractivity contribution in [1.29, 1.82) is 0 Å². The molecule has 1 aliphatic rings. The maximum absolute atomic E-state index is 10.7. The van der Waals surface area contributed by atoms with Gasteiger partial charge in [-0.3, -0.25) is 0 Å². The summed E-state index contributed by atoms with van der Waals surface area (Å²) in [5.41, 5.74) is 0. The second-order valence-electron chi connectivity index (χ2n) is 3.60. The molecule has 5 atom stereocenters. The zero-order valence-electron chi connectivity index (χ0n) is 8.50. The summed E-state index contributed by atoms with van der Waals surface area (Å²) in [7, 11) is -4.81. The third-order valence-electron chi connectivity index (χ3n) is 2.36. The number of aliphatic hydroxyl groups is 3. The Hall–Kier alpha value is 0.950. The van der Waals surface area contributed by atoms with E-state index in [-0.39, 0.29) is 0 Å². The molecule has 1 aliphatic heterocycles. The Bertz CT molecular complexity index is 282. The molecule has 1 rings (SSSR count). The van der Waals surface area contributed by atoms with Gasteiger partial charge in [0, 0.05) is 0 Å². The van der Waals surface area contributed by atoms with Crippen LogP contribution in [0.2, 0.25) is 0 Å². The average Bonchev–Trinajstić information content (AvgIpc) is 2.17. The van der Waals surface area contributed by atoms with E-state index in [0.29, 0.717) is 27.9 Å². The van der Waals surface area contributed by atoms with Crippen molar-refractivity contribution in [2.24, 2.45) is 0 Å². The van der Waals surface area contributed by atoms with Crippen LogP contribution in [0.15, 0.2) is 0 Å². The zero-order chi connectivity index (χ0) is 12.5. The van der Waals surface area contributed by atoms with Crippen LogP contribution < -0.4 is 0 Å². The van der Waals surface area contributed by atoms with E-state index in [1.54, 1.807) is 0 Å². The van der Waals surface area contributed by atoms with Gasteiger partial charge in [-0.1, -0.05) is 0 Å². The number of phosphoric acid groups is 1. The number of ether oxygens (including phenoxy) is 1. The Morgan fingerprint density at radius 3 is 2.31 bits per heavy atom. The van der Waals surface area contributed by atoms with Gasteiger partial charge in [0.05, 0.1) is 0 Å². The molecule has 0 aromatic carbocycles. The Labute approximate surface area is 109 Å². The van der Waals surface area contributed by atoms with Gasteiger partial charge >= 0.3 is 109 Å². The van der Waals surface area contributed by atoms with Crippen LogP contribution in [0.3, 0.4) is 0 Å². The van der Waals surface area contributed by atoms with Crippen LogP contribution >= 0.6 is 7.82 Å². The second-order valence-corrected chi connectivity index (χ2v) is 5.93. The quantitative estimate of drug-likeness (QED) is 0.270. The number of phosphoric ester groups is 1. The Kier molecular flexibility index (Phi) is 5.37. The Balaban J connectivity index is 2.81. The van der Waals surface area contributed by atoms with Gasteiger partial charge in [-0.05, 0) is 0 Å². The SMILES string of the molecule is O=P(O)(O)O[C@H]1[C@H](O)[C@@H](CO)O[CH]([Na])[C@@H]1O. The summed E-state index contributed by atoms with van der Waals surface area (Å²) in [5, 5.41) is 28.0. The minimum absolute atomic E-state index is 0.371. The number of hydrogen-bond acceptors (Lipinski definition) is 6. The summed E-state index contributed by atoms with van der Waals surface area (Å²) < 4.78 is 19.4. The van der Waals surface area contributed by atoms with Gasteiger partial charge in [0.25, 0.3) is 0 Å². The molecular weight excluding hydrogens is 254 g/mol. The van der Waals surface area contributed by atoms with Crippen LogP contribution in [-0.4, -0.2) is 87.4 Å². The second kappa shape index (κ2) is 5.73. The summed E-state index contributed by atoms with van der Waals surface area (Å²) in [4.78, 5) is 17.3. The summed E-state index contributed by atoms with van der Waals surface area (Å²) in [5.74, 6) is 0. The molecule has 1 saturated heterocycles. The van der Waals surface area contributed by atoms with Crippen LogP contribution in [-0.2, 0) is 13.8 Å². The standard InChI is InChI=1S/C6H12O8P.Na/c7-1-4-5(9)6(3(8)2-13-4)14-15(10,11)12;/h2-9H,1H2,(H2,10,11,12);/t3-,4+,5+,6+;/m0./s1. The molecule has 5 N–H and O–H groups in total. The van der Waals surface area contributed by atoms with Crippen molar-refractivity contribution in [3.05, 3.63) is 0 Å². The molecule has 0 amide bonds. The minimum atomic E-state index is -4.81. The van der Waals surface area contributed by atoms with E-state index < -0.39 is 42.2 Å². The van der Waals surface area contributed by atoms with Gasteiger partial charge in [0.1, 0.15) is 0 Å². The Morgan fingerprint density at radius 1 is 1.31 bits per heavy atom. The molecular formula is C6H12NaO8P. The molecule has 1 fully saturated rings. The number of aliphatic hydroxyl groups excluding tert-OH is 3. The van der Waals surface area contributed by atoms with Gasteiger partial charge in [-0.2, -0.15) is 0 Å². The molecule has 0 radical (unpaired) electrons. The first-order valence-corrected chi connectivity index (χ1v) is 7.31. The van der Waals surface area contributed by atoms with E-state index >= 15 is 0 Å². The average molecular weight is 266 g/mol. The van der Waals surface area contributed by atoms with Crippen LogP contribution in [0.5, 0.6) is 0 Å². The van der Waals surface area contributed by atoms with Gasteiger partial charge in [0.15, 0.2) is 0 Å². The molecule has 0 aromatic heterocycles. The van der Waals surface area contributed by atoms with Gasteiger partial charge < -0.3 is 0 Å². The molecule has 0 bridgehead atoms. The first-order valence-electron chi connectivity index (χ1n) is 4.62. The summed E-state index contributed by atoms with van der Waals surface area (Å²) in [6.45, 7) is -0.520. The van der Waals surface area contributed by atoms with E-state index in [2.05, 4.69) is 4.52 Å². The van der Waals surface area contributed by atoms with Crippen molar-refractivity contribution in [1.82, 2.24) is 0 Å². The molecule has 0 aromatic rings. The summed E-state index contributed by atoms with van der Waals surface area (Å²) >= 11 is 0.371.